The Balaban J connectivity index is 0.000000113. The number of rotatable bonds is 4. The Morgan fingerprint density at radius 1 is 0.269 bits per heavy atom. The van der Waals surface area contributed by atoms with Crippen LogP contribution < -0.4 is 0 Å². The van der Waals surface area contributed by atoms with E-state index in [0.29, 0.717) is 0 Å². The van der Waals surface area contributed by atoms with E-state index in [-0.39, 0.29) is 49.4 Å². The predicted octanol–water partition coefficient (Wildman–Crippen LogP) is 24.7. The first-order chi connectivity index (χ1) is 44.9. The Hall–Kier alpha value is -2.40. The van der Waals surface area contributed by atoms with Gasteiger partial charge in [0.25, 0.3) is 0 Å². The van der Waals surface area contributed by atoms with Gasteiger partial charge in [0.2, 0.25) is 0 Å². The van der Waals surface area contributed by atoms with Crippen molar-refractivity contribution in [2.75, 3.05) is 0 Å². The Kier molecular flexibility index (Phi) is 22.7. The van der Waals surface area contributed by atoms with Crippen LogP contribution in [0.3, 0.4) is 0 Å². The Morgan fingerprint density at radius 3 is 0.914 bits per heavy atom. The van der Waals surface area contributed by atoms with Crippen molar-refractivity contribution in [3.63, 3.8) is 0 Å². The fourth-order valence-corrected chi connectivity index (χ4v) is 26.0. The molecule has 0 fully saturated rings. The first-order valence-electron chi connectivity index (χ1n) is 29.2. The normalized spacial score (nSPS) is 14.3. The third-order valence-electron chi connectivity index (χ3n) is 16.0. The second-order valence-corrected chi connectivity index (χ2v) is 39.6. The summed E-state index contributed by atoms with van der Waals surface area (Å²) in [5.74, 6) is -0.181. The molecule has 0 bridgehead atoms. The quantitative estimate of drug-likeness (QED) is 0.0936. The number of hydrogen-bond acceptors (Lipinski definition) is 0. The molecule has 0 aliphatic carbocycles. The zero-order valence-electron chi connectivity index (χ0n) is 48.7. The van der Waals surface area contributed by atoms with Gasteiger partial charge in [0.05, 0.1) is 49.1 Å². The summed E-state index contributed by atoms with van der Waals surface area (Å²) in [5, 5.41) is 0. The van der Waals surface area contributed by atoms with E-state index in [2.05, 4.69) is 387 Å². The smallest absolute Gasteiger partial charge is 0.207 e. The van der Waals surface area contributed by atoms with Gasteiger partial charge in [-0.1, -0.05) is 54.6 Å². The van der Waals surface area contributed by atoms with E-state index in [0.717, 1.165) is 30.6 Å². The molecule has 0 nitrogen and oxygen atoms in total. The van der Waals surface area contributed by atoms with E-state index in [4.69, 9.17) is 0 Å². The van der Waals surface area contributed by atoms with Crippen molar-refractivity contribution in [2.45, 2.75) is 90.6 Å². The topological polar surface area (TPSA) is 0 Å². The van der Waals surface area contributed by atoms with E-state index in [1.54, 1.807) is 24.3 Å². The van der Waals surface area contributed by atoms with Crippen LogP contribution in [0.2, 0.25) is 0 Å². The highest BCUT2D eigenvalue weighted by Crippen LogP contribution is 2.47. The van der Waals surface area contributed by atoms with Gasteiger partial charge >= 0.3 is 6.18 Å². The maximum atomic E-state index is 13.4. The summed E-state index contributed by atoms with van der Waals surface area (Å²) in [6.07, 6.45) is -0.368. The van der Waals surface area contributed by atoms with Crippen LogP contribution in [0.25, 0.3) is 0 Å². The molecular weight excluding hydrogens is 2140 g/mol. The van der Waals surface area contributed by atoms with E-state index >= 15 is 0 Å². The van der Waals surface area contributed by atoms with Crippen LogP contribution in [0, 0.1) is 34.4 Å². The molecule has 4 aliphatic heterocycles. The SMILES string of the molecule is FC(F)(F)c1ccc([S+]2c3ccc(I)cc3Cc3cc(I)ccc32)cc1.Fc1ccc([S+]2c3ccc(I)cc3Cc3cc(I)ccc32)cc1.Ic1ccc2c(c1)Cc1cc(I)ccc1[S+]2c1ccccc1.Ic1ccc2c(c1I)Cc1ccccc1[S+]2c1ccccc1. The molecule has 0 saturated carbocycles. The fourth-order valence-electron chi connectivity index (χ4n) is 11.9. The van der Waals surface area contributed by atoms with Crippen LogP contribution in [0.15, 0.2) is 314 Å². The zero-order chi connectivity index (χ0) is 64.7. The van der Waals surface area contributed by atoms with E-state index in [9.17, 15) is 17.6 Å². The van der Waals surface area contributed by atoms with E-state index in [1.807, 2.05) is 12.1 Å². The molecule has 12 aromatic carbocycles. The molecular formula is C77H50F4I8S4+4. The number of halogens is 12. The van der Waals surface area contributed by atoms with Crippen molar-refractivity contribution in [3.8, 4) is 0 Å². The second-order valence-electron chi connectivity index (χ2n) is 22.0. The van der Waals surface area contributed by atoms with Crippen LogP contribution in [0.1, 0.15) is 50.1 Å². The van der Waals surface area contributed by atoms with Crippen LogP contribution in [-0.2, 0) is 75.4 Å². The van der Waals surface area contributed by atoms with Crippen molar-refractivity contribution >= 4 is 224 Å². The minimum absolute atomic E-state index is 0.0154. The number of hydrogen-bond donors (Lipinski definition) is 0. The van der Waals surface area contributed by atoms with Crippen molar-refractivity contribution in [1.29, 1.82) is 0 Å². The lowest BCUT2D eigenvalue weighted by Gasteiger charge is -2.21. The van der Waals surface area contributed by atoms with Gasteiger partial charge in [-0.05, 0) is 381 Å². The van der Waals surface area contributed by atoms with Crippen LogP contribution in [0.4, 0.5) is 17.6 Å². The summed E-state index contributed by atoms with van der Waals surface area (Å²) in [5.41, 5.74) is 10.6. The van der Waals surface area contributed by atoms with Gasteiger partial charge in [0.1, 0.15) is 5.82 Å². The number of alkyl halides is 3. The maximum Gasteiger partial charge on any atom is 0.416 e. The van der Waals surface area contributed by atoms with Gasteiger partial charge in [0.15, 0.2) is 58.7 Å². The van der Waals surface area contributed by atoms with Crippen molar-refractivity contribution in [1.82, 2.24) is 0 Å². The van der Waals surface area contributed by atoms with Gasteiger partial charge in [-0.3, -0.25) is 0 Å². The molecule has 12 aromatic rings. The molecule has 0 radical (unpaired) electrons. The monoisotopic (exact) mass is 2190 g/mol. The highest BCUT2D eigenvalue weighted by Gasteiger charge is 2.42. The number of benzene rings is 12. The van der Waals surface area contributed by atoms with E-state index < -0.39 is 11.7 Å². The van der Waals surface area contributed by atoms with E-state index in [1.165, 1.54) is 139 Å². The highest BCUT2D eigenvalue weighted by atomic mass is 127. The Bertz CT molecular complexity index is 4610. The molecule has 1 unspecified atom stereocenters. The average molecular weight is 2190 g/mol. The van der Waals surface area contributed by atoms with Crippen molar-refractivity contribution in [2.24, 2.45) is 0 Å². The lowest BCUT2D eigenvalue weighted by Crippen LogP contribution is -2.17. The van der Waals surface area contributed by atoms with Gasteiger partial charge in [0, 0.05) is 98.8 Å². The Labute approximate surface area is 661 Å². The van der Waals surface area contributed by atoms with Crippen molar-refractivity contribution in [3.05, 3.63) is 339 Å². The van der Waals surface area contributed by atoms with Gasteiger partial charge in [-0.2, -0.15) is 13.2 Å². The zero-order valence-corrected chi connectivity index (χ0v) is 69.3. The molecule has 0 saturated heterocycles. The molecule has 4 aliphatic rings. The maximum absolute atomic E-state index is 13.4. The third-order valence-corrected chi connectivity index (χ3v) is 32.8. The molecule has 462 valence electrons. The molecule has 93 heavy (non-hydrogen) atoms. The predicted molar refractivity (Wildman–Crippen MR) is 444 cm³/mol. The first kappa shape index (κ1) is 69.1. The van der Waals surface area contributed by atoms with Crippen LogP contribution in [0.5, 0.6) is 0 Å². The third kappa shape index (κ3) is 15.7. The van der Waals surface area contributed by atoms with Crippen LogP contribution in [-0.4, -0.2) is 0 Å². The molecule has 0 spiro atoms. The van der Waals surface area contributed by atoms with Crippen molar-refractivity contribution < 1.29 is 17.6 Å². The molecule has 0 N–H and O–H groups in total. The standard InChI is InChI=1S/C20H12F3I2S.C19H12FI2S.2C19H13I2S/c21-20(22,23)14-1-5-17(6-2-14)26-18-7-3-15(24)10-12(18)9-13-11-16(25)4-8-19(13)26;20-14-1-5-17(6-2-14)23-18-7-3-15(21)10-12(18)9-13-11-16(22)4-8-19(13)23;20-16-10-11-18-15(19(16)21)12-13-6-4-5-9-17(13)22(18)14-7-2-1-3-8-14;20-15-6-8-18-13(11-15)10-14-12-16(21)7-9-19(14)22(18)17-4-2-1-3-5-17/h1-8,10-11H,9H2;1-8,10-11H,9H2;1-11H,12H2;1-9,11-12H,10H2/q4*+1. The lowest BCUT2D eigenvalue weighted by atomic mass is 10.0. The summed E-state index contributed by atoms with van der Waals surface area (Å²) in [6, 6.07) is 87.9. The lowest BCUT2D eigenvalue weighted by molar-refractivity contribution is -0.137. The first-order valence-corrected chi connectivity index (χ1v) is 42.7. The van der Waals surface area contributed by atoms with Gasteiger partial charge < -0.3 is 0 Å². The fraction of sp³-hybridized carbons (Fsp3) is 0.0649. The molecule has 1 atom stereocenters. The second kappa shape index (κ2) is 30.6. The molecule has 0 amide bonds. The molecule has 4 heterocycles. The molecule has 16 rings (SSSR count). The number of fused-ring (bicyclic) bond motifs is 8. The van der Waals surface area contributed by atoms with Gasteiger partial charge in [-0.25, -0.2) is 4.39 Å². The Morgan fingerprint density at radius 2 is 0.559 bits per heavy atom. The molecule has 0 aromatic heterocycles. The minimum Gasteiger partial charge on any atom is -0.207 e. The summed E-state index contributed by atoms with van der Waals surface area (Å²) >= 11 is 19.1. The molecule has 16 heteroatoms. The average Bonchev–Trinajstić information content (AvgIpc) is 0.790. The summed E-state index contributed by atoms with van der Waals surface area (Å²) in [7, 11) is -0.505. The summed E-state index contributed by atoms with van der Waals surface area (Å²) in [4.78, 5) is 16.0. The van der Waals surface area contributed by atoms with Crippen LogP contribution >= 0.6 is 181 Å². The minimum atomic E-state index is -4.31. The largest absolute Gasteiger partial charge is 0.416 e. The van der Waals surface area contributed by atoms with Gasteiger partial charge in [-0.15, -0.1) is 0 Å². The summed E-state index contributed by atoms with van der Waals surface area (Å²) < 4.78 is 62.4. The summed E-state index contributed by atoms with van der Waals surface area (Å²) in [6.45, 7) is 0. The highest BCUT2D eigenvalue weighted by molar-refractivity contribution is 14.1.